The molecule has 4 heterocycles. The van der Waals surface area contributed by atoms with Crippen LogP contribution in [-0.2, 0) is 17.5 Å². The van der Waals surface area contributed by atoms with Crippen LogP contribution in [0.4, 0.5) is 8.78 Å². The van der Waals surface area contributed by atoms with Crippen molar-refractivity contribution in [1.29, 1.82) is 0 Å². The third-order valence-corrected chi connectivity index (χ3v) is 7.78. The highest BCUT2D eigenvalue weighted by molar-refractivity contribution is 6.07. The van der Waals surface area contributed by atoms with Gasteiger partial charge in [0.1, 0.15) is 5.67 Å². The van der Waals surface area contributed by atoms with E-state index >= 15 is 8.78 Å². The second-order valence-corrected chi connectivity index (χ2v) is 10.7. The molecule has 0 spiro atoms. The number of nitrogens with zero attached hydrogens (tertiary/aromatic N) is 5. The number of aromatic nitrogens is 5. The number of fused-ring (bicyclic) bond motifs is 3. The molecule has 3 aromatic heterocycles. The zero-order chi connectivity index (χ0) is 26.6. The number of pyridine rings is 1. The minimum Gasteiger partial charge on any atom is -0.381 e. The highest BCUT2D eigenvalue weighted by atomic mass is 19.1. The van der Waals surface area contributed by atoms with Crippen molar-refractivity contribution in [3.63, 3.8) is 0 Å². The minimum absolute atomic E-state index is 0.0414. The van der Waals surface area contributed by atoms with E-state index in [2.05, 4.69) is 27.0 Å². The van der Waals surface area contributed by atoms with Gasteiger partial charge in [-0.1, -0.05) is 47.7 Å². The molecule has 1 aliphatic rings. The quantitative estimate of drug-likeness (QED) is 0.263. The molecule has 1 unspecified atom stereocenters. The highest BCUT2D eigenvalue weighted by Crippen LogP contribution is 2.43. The first kappa shape index (κ1) is 24.7. The summed E-state index contributed by atoms with van der Waals surface area (Å²) in [5, 5.41) is 9.04. The maximum atomic E-state index is 16.5. The van der Waals surface area contributed by atoms with Gasteiger partial charge in [-0.3, -0.25) is 4.98 Å². The SMILES string of the molecule is Cc1nnn(C)c1-c1cnc2c3ccc(C(C)(C)F)c(F)c3n(C(c3ccccc3)C3CCOCC3)c2c1. The standard InChI is InChI=1S/C30H31F2N5O/c1-18-27(36(4)35-34-18)21-16-24-26(33-17-21)22-10-11-23(30(2,3)32)25(31)29(22)37(24)28(19-8-6-5-7-9-19)20-12-14-38-15-13-20/h5-11,16-17,20,28H,12-15H2,1-4H3. The number of ether oxygens (including phenoxy) is 1. The Balaban J connectivity index is 1.73. The normalized spacial score (nSPS) is 15.9. The van der Waals surface area contributed by atoms with E-state index < -0.39 is 11.5 Å². The Bertz CT molecular complexity index is 1610. The summed E-state index contributed by atoms with van der Waals surface area (Å²) in [6, 6.07) is 15.4. The Hall–Kier alpha value is -3.65. The van der Waals surface area contributed by atoms with Crippen molar-refractivity contribution in [2.45, 2.75) is 45.3 Å². The van der Waals surface area contributed by atoms with E-state index in [9.17, 15) is 0 Å². The number of hydrogen-bond acceptors (Lipinski definition) is 4. The molecule has 2 aromatic carbocycles. The van der Waals surface area contributed by atoms with Crippen molar-refractivity contribution in [3.05, 3.63) is 77.4 Å². The van der Waals surface area contributed by atoms with Gasteiger partial charge in [0.15, 0.2) is 5.82 Å². The number of rotatable bonds is 5. The van der Waals surface area contributed by atoms with Gasteiger partial charge in [-0.25, -0.2) is 13.5 Å². The Morgan fingerprint density at radius 1 is 1.08 bits per heavy atom. The van der Waals surface area contributed by atoms with Crippen LogP contribution in [0.1, 0.15) is 49.6 Å². The fraction of sp³-hybridized carbons (Fsp3) is 0.367. The zero-order valence-corrected chi connectivity index (χ0v) is 22.1. The summed E-state index contributed by atoms with van der Waals surface area (Å²) in [6.07, 6.45) is 3.47. The van der Waals surface area contributed by atoms with Crippen molar-refractivity contribution in [1.82, 2.24) is 24.5 Å². The van der Waals surface area contributed by atoms with Crippen LogP contribution < -0.4 is 0 Å². The summed E-state index contributed by atoms with van der Waals surface area (Å²) in [6.45, 7) is 6.00. The van der Waals surface area contributed by atoms with E-state index in [1.165, 1.54) is 13.8 Å². The molecular weight excluding hydrogens is 484 g/mol. The maximum absolute atomic E-state index is 16.5. The third-order valence-electron chi connectivity index (χ3n) is 7.78. The lowest BCUT2D eigenvalue weighted by molar-refractivity contribution is 0.0552. The van der Waals surface area contributed by atoms with Gasteiger partial charge in [0, 0.05) is 43.0 Å². The van der Waals surface area contributed by atoms with E-state index in [1.54, 1.807) is 16.9 Å². The Morgan fingerprint density at radius 3 is 2.47 bits per heavy atom. The van der Waals surface area contributed by atoms with Crippen LogP contribution in [-0.4, -0.2) is 37.8 Å². The van der Waals surface area contributed by atoms with Crippen molar-refractivity contribution < 1.29 is 13.5 Å². The molecule has 196 valence electrons. The van der Waals surface area contributed by atoms with Crippen molar-refractivity contribution in [3.8, 4) is 11.3 Å². The van der Waals surface area contributed by atoms with Gasteiger partial charge in [-0.15, -0.1) is 5.10 Å². The van der Waals surface area contributed by atoms with Gasteiger partial charge in [0.2, 0.25) is 0 Å². The topological polar surface area (TPSA) is 57.8 Å². The summed E-state index contributed by atoms with van der Waals surface area (Å²) in [5.74, 6) is -0.337. The summed E-state index contributed by atoms with van der Waals surface area (Å²) >= 11 is 0. The van der Waals surface area contributed by atoms with Crippen molar-refractivity contribution in [2.24, 2.45) is 13.0 Å². The van der Waals surface area contributed by atoms with Gasteiger partial charge in [0.25, 0.3) is 0 Å². The molecule has 8 heteroatoms. The van der Waals surface area contributed by atoms with Crippen LogP contribution in [0.25, 0.3) is 33.2 Å². The molecule has 0 N–H and O–H groups in total. The highest BCUT2D eigenvalue weighted by Gasteiger charge is 2.33. The van der Waals surface area contributed by atoms with Crippen LogP contribution in [0.2, 0.25) is 0 Å². The average Bonchev–Trinajstić information content (AvgIpc) is 3.41. The second kappa shape index (κ2) is 9.27. The van der Waals surface area contributed by atoms with Crippen molar-refractivity contribution in [2.75, 3.05) is 13.2 Å². The van der Waals surface area contributed by atoms with E-state index in [0.29, 0.717) is 29.6 Å². The lowest BCUT2D eigenvalue weighted by Crippen LogP contribution is -2.27. The molecule has 6 rings (SSSR count). The summed E-state index contributed by atoms with van der Waals surface area (Å²) in [4.78, 5) is 4.85. The second-order valence-electron chi connectivity index (χ2n) is 10.7. The molecule has 38 heavy (non-hydrogen) atoms. The first-order chi connectivity index (χ1) is 18.3. The lowest BCUT2D eigenvalue weighted by atomic mass is 9.86. The van der Waals surface area contributed by atoms with Crippen LogP contribution in [0.15, 0.2) is 54.7 Å². The molecule has 1 aliphatic heterocycles. The number of alkyl halides is 1. The van der Waals surface area contributed by atoms with E-state index in [1.807, 2.05) is 44.3 Å². The maximum Gasteiger partial charge on any atom is 0.153 e. The summed E-state index contributed by atoms with van der Waals surface area (Å²) in [5.41, 5.74) is 3.63. The fourth-order valence-electron chi connectivity index (χ4n) is 6.00. The number of aryl methyl sites for hydroxylation is 2. The Kier molecular flexibility index (Phi) is 6.02. The predicted octanol–water partition coefficient (Wildman–Crippen LogP) is 6.65. The van der Waals surface area contributed by atoms with Gasteiger partial charge >= 0.3 is 0 Å². The molecule has 0 bridgehead atoms. The number of hydrogen-bond donors (Lipinski definition) is 0. The molecule has 0 saturated carbocycles. The average molecular weight is 516 g/mol. The molecule has 0 aliphatic carbocycles. The monoisotopic (exact) mass is 515 g/mol. The van der Waals surface area contributed by atoms with Gasteiger partial charge in [-0.05, 0) is 51.2 Å². The molecule has 1 atom stereocenters. The van der Waals surface area contributed by atoms with Crippen LogP contribution >= 0.6 is 0 Å². The van der Waals surface area contributed by atoms with E-state index in [-0.39, 0.29) is 17.5 Å². The molecule has 1 saturated heterocycles. The molecule has 0 radical (unpaired) electrons. The molecule has 1 fully saturated rings. The molecule has 0 amide bonds. The van der Waals surface area contributed by atoms with E-state index in [4.69, 9.17) is 9.72 Å². The Labute approximate surface area is 220 Å². The number of benzene rings is 2. The minimum atomic E-state index is -1.84. The predicted molar refractivity (Wildman–Crippen MR) is 144 cm³/mol. The summed E-state index contributed by atoms with van der Waals surface area (Å²) < 4.78 is 41.2. The third kappa shape index (κ3) is 3.98. The van der Waals surface area contributed by atoms with Crippen LogP contribution in [0, 0.1) is 18.7 Å². The van der Waals surface area contributed by atoms with Gasteiger partial charge < -0.3 is 9.30 Å². The first-order valence-electron chi connectivity index (χ1n) is 13.1. The molecule has 6 nitrogen and oxygen atoms in total. The van der Waals surface area contributed by atoms with Crippen LogP contribution in [0.5, 0.6) is 0 Å². The Morgan fingerprint density at radius 2 is 1.82 bits per heavy atom. The smallest absolute Gasteiger partial charge is 0.153 e. The van der Waals surface area contributed by atoms with Crippen molar-refractivity contribution >= 4 is 21.9 Å². The van der Waals surface area contributed by atoms with Gasteiger partial charge in [-0.2, -0.15) is 0 Å². The molecular formula is C30H31F2N5O. The van der Waals surface area contributed by atoms with Gasteiger partial charge in [0.05, 0.1) is 34.0 Å². The lowest BCUT2D eigenvalue weighted by Gasteiger charge is -2.33. The largest absolute Gasteiger partial charge is 0.381 e. The number of halogens is 2. The van der Waals surface area contributed by atoms with Crippen LogP contribution in [0.3, 0.4) is 0 Å². The first-order valence-corrected chi connectivity index (χ1v) is 13.1. The fourth-order valence-corrected chi connectivity index (χ4v) is 6.00. The summed E-state index contributed by atoms with van der Waals surface area (Å²) in [7, 11) is 1.85. The zero-order valence-electron chi connectivity index (χ0n) is 22.1. The molecule has 5 aromatic rings. The van der Waals surface area contributed by atoms with E-state index in [0.717, 1.165) is 40.9 Å².